The van der Waals surface area contributed by atoms with Gasteiger partial charge in [-0.25, -0.2) is 0 Å². The molecule has 1 fully saturated rings. The molecule has 1 nitrogen and oxygen atoms in total. The Morgan fingerprint density at radius 1 is 1.00 bits per heavy atom. The summed E-state index contributed by atoms with van der Waals surface area (Å²) >= 11 is 0. The molecule has 1 saturated carbocycles. The average Bonchev–Trinajstić information content (AvgIpc) is 2.99. The van der Waals surface area contributed by atoms with Crippen LogP contribution in [0.15, 0.2) is 42.5 Å². The van der Waals surface area contributed by atoms with Gasteiger partial charge in [0.05, 0.1) is 6.10 Å². The van der Waals surface area contributed by atoms with Crippen LogP contribution in [0.5, 0.6) is 0 Å². The van der Waals surface area contributed by atoms with Gasteiger partial charge in [0.15, 0.2) is 0 Å². The molecular weight excluding hydrogens is 244 g/mol. The maximum atomic E-state index is 10.3. The molecule has 1 unspecified atom stereocenters. The lowest BCUT2D eigenvalue weighted by molar-refractivity contribution is 0.155. The third kappa shape index (κ3) is 3.21. The van der Waals surface area contributed by atoms with Crippen LogP contribution >= 0.6 is 0 Å². The summed E-state index contributed by atoms with van der Waals surface area (Å²) in [6.07, 6.45) is 8.28. The van der Waals surface area contributed by atoms with Crippen molar-refractivity contribution in [3.05, 3.63) is 48.0 Å². The lowest BCUT2D eigenvalue weighted by Crippen LogP contribution is -2.12. The molecular formula is C19H24O. The molecule has 3 rings (SSSR count). The zero-order chi connectivity index (χ0) is 13.8. The van der Waals surface area contributed by atoms with E-state index in [1.807, 2.05) is 0 Å². The van der Waals surface area contributed by atoms with Gasteiger partial charge in [-0.1, -0.05) is 68.1 Å². The first-order chi connectivity index (χ1) is 9.83. The highest BCUT2D eigenvalue weighted by Crippen LogP contribution is 2.29. The summed E-state index contributed by atoms with van der Waals surface area (Å²) < 4.78 is 0. The Morgan fingerprint density at radius 2 is 1.75 bits per heavy atom. The SMILES string of the molecule is OC(CCC1CCCC1)Cc1cccc2ccccc12. The molecule has 0 spiro atoms. The van der Waals surface area contributed by atoms with Gasteiger partial charge in [-0.3, -0.25) is 0 Å². The summed E-state index contributed by atoms with van der Waals surface area (Å²) in [6.45, 7) is 0. The van der Waals surface area contributed by atoms with Crippen LogP contribution in [0.2, 0.25) is 0 Å². The highest BCUT2D eigenvalue weighted by Gasteiger charge is 2.17. The Labute approximate surface area is 121 Å². The fourth-order valence-electron chi connectivity index (χ4n) is 3.55. The van der Waals surface area contributed by atoms with E-state index < -0.39 is 0 Å². The third-order valence-electron chi connectivity index (χ3n) is 4.72. The Balaban J connectivity index is 1.63. The second-order valence-corrected chi connectivity index (χ2v) is 6.22. The van der Waals surface area contributed by atoms with Crippen LogP contribution in [0.1, 0.15) is 44.1 Å². The fourth-order valence-corrected chi connectivity index (χ4v) is 3.55. The van der Waals surface area contributed by atoms with E-state index in [0.717, 1.165) is 18.8 Å². The van der Waals surface area contributed by atoms with Crippen LogP contribution in [-0.2, 0) is 6.42 Å². The van der Waals surface area contributed by atoms with E-state index in [2.05, 4.69) is 42.5 Å². The summed E-state index contributed by atoms with van der Waals surface area (Å²) in [7, 11) is 0. The summed E-state index contributed by atoms with van der Waals surface area (Å²) in [5.74, 6) is 0.872. The normalized spacial score (nSPS) is 17.6. The number of rotatable bonds is 5. The molecule has 1 atom stereocenters. The predicted molar refractivity (Wildman–Crippen MR) is 84.9 cm³/mol. The zero-order valence-corrected chi connectivity index (χ0v) is 12.1. The second kappa shape index (κ2) is 6.41. The standard InChI is InChI=1S/C19H24O/c20-18(13-12-15-6-1-2-7-15)14-17-10-5-9-16-8-3-4-11-19(16)17/h3-5,8-11,15,18,20H,1-2,6-7,12-14H2. The van der Waals surface area contributed by atoms with E-state index in [1.54, 1.807) is 0 Å². The second-order valence-electron chi connectivity index (χ2n) is 6.22. The van der Waals surface area contributed by atoms with E-state index in [-0.39, 0.29) is 6.10 Å². The highest BCUT2D eigenvalue weighted by atomic mass is 16.3. The molecule has 0 aromatic heterocycles. The molecule has 0 bridgehead atoms. The van der Waals surface area contributed by atoms with E-state index in [1.165, 1.54) is 48.4 Å². The first-order valence-electron chi connectivity index (χ1n) is 7.97. The van der Waals surface area contributed by atoms with E-state index in [4.69, 9.17) is 0 Å². The minimum absolute atomic E-state index is 0.193. The molecule has 20 heavy (non-hydrogen) atoms. The number of aliphatic hydroxyl groups is 1. The summed E-state index contributed by atoms with van der Waals surface area (Å²) in [6, 6.07) is 14.9. The van der Waals surface area contributed by atoms with Gasteiger partial charge in [0.1, 0.15) is 0 Å². The van der Waals surface area contributed by atoms with Gasteiger partial charge in [0, 0.05) is 0 Å². The molecule has 1 aliphatic rings. The fraction of sp³-hybridized carbons (Fsp3) is 0.474. The summed E-state index contributed by atoms with van der Waals surface area (Å²) in [4.78, 5) is 0. The van der Waals surface area contributed by atoms with E-state index >= 15 is 0 Å². The highest BCUT2D eigenvalue weighted by molar-refractivity contribution is 5.85. The van der Waals surface area contributed by atoms with Gasteiger partial charge < -0.3 is 5.11 Å². The van der Waals surface area contributed by atoms with Crippen molar-refractivity contribution in [2.75, 3.05) is 0 Å². The zero-order valence-electron chi connectivity index (χ0n) is 12.1. The maximum Gasteiger partial charge on any atom is 0.0580 e. The number of hydrogen-bond donors (Lipinski definition) is 1. The molecule has 1 heteroatoms. The molecule has 0 aliphatic heterocycles. The Kier molecular flexibility index (Phi) is 4.37. The topological polar surface area (TPSA) is 20.2 Å². The van der Waals surface area contributed by atoms with Crippen molar-refractivity contribution in [3.63, 3.8) is 0 Å². The molecule has 2 aromatic rings. The van der Waals surface area contributed by atoms with Crippen LogP contribution in [0.3, 0.4) is 0 Å². The largest absolute Gasteiger partial charge is 0.393 e. The number of fused-ring (bicyclic) bond motifs is 1. The minimum Gasteiger partial charge on any atom is -0.393 e. The van der Waals surface area contributed by atoms with Gasteiger partial charge in [0.25, 0.3) is 0 Å². The van der Waals surface area contributed by atoms with E-state index in [0.29, 0.717) is 0 Å². The third-order valence-corrected chi connectivity index (χ3v) is 4.72. The molecule has 1 aliphatic carbocycles. The Hall–Kier alpha value is -1.34. The van der Waals surface area contributed by atoms with Crippen molar-refractivity contribution in [1.29, 1.82) is 0 Å². The molecule has 0 saturated heterocycles. The average molecular weight is 268 g/mol. The molecule has 0 amide bonds. The smallest absolute Gasteiger partial charge is 0.0580 e. The van der Waals surface area contributed by atoms with Crippen molar-refractivity contribution in [2.24, 2.45) is 5.92 Å². The van der Waals surface area contributed by atoms with Gasteiger partial charge in [-0.05, 0) is 41.5 Å². The minimum atomic E-state index is -0.193. The Morgan fingerprint density at radius 3 is 2.60 bits per heavy atom. The van der Waals surface area contributed by atoms with Gasteiger partial charge in [0.2, 0.25) is 0 Å². The molecule has 2 aromatic carbocycles. The van der Waals surface area contributed by atoms with Gasteiger partial charge >= 0.3 is 0 Å². The van der Waals surface area contributed by atoms with Gasteiger partial charge in [-0.2, -0.15) is 0 Å². The summed E-state index contributed by atoms with van der Waals surface area (Å²) in [5, 5.41) is 12.9. The molecule has 1 N–H and O–H groups in total. The maximum absolute atomic E-state index is 10.3. The number of aliphatic hydroxyl groups excluding tert-OH is 1. The van der Waals surface area contributed by atoms with Crippen LogP contribution in [-0.4, -0.2) is 11.2 Å². The van der Waals surface area contributed by atoms with Crippen molar-refractivity contribution in [3.8, 4) is 0 Å². The lowest BCUT2D eigenvalue weighted by atomic mass is 9.94. The monoisotopic (exact) mass is 268 g/mol. The number of benzene rings is 2. The summed E-state index contributed by atoms with van der Waals surface area (Å²) in [5.41, 5.74) is 1.28. The van der Waals surface area contributed by atoms with Gasteiger partial charge in [-0.15, -0.1) is 0 Å². The first kappa shape index (κ1) is 13.6. The van der Waals surface area contributed by atoms with Crippen molar-refractivity contribution >= 4 is 10.8 Å². The van der Waals surface area contributed by atoms with Crippen molar-refractivity contribution in [1.82, 2.24) is 0 Å². The first-order valence-corrected chi connectivity index (χ1v) is 7.97. The van der Waals surface area contributed by atoms with Crippen molar-refractivity contribution in [2.45, 2.75) is 51.0 Å². The lowest BCUT2D eigenvalue weighted by Gasteiger charge is -2.15. The molecule has 0 radical (unpaired) electrons. The van der Waals surface area contributed by atoms with Crippen LogP contribution in [0.25, 0.3) is 10.8 Å². The predicted octanol–water partition coefficient (Wildman–Crippen LogP) is 4.71. The molecule has 106 valence electrons. The van der Waals surface area contributed by atoms with Crippen LogP contribution < -0.4 is 0 Å². The quantitative estimate of drug-likeness (QED) is 0.832. The van der Waals surface area contributed by atoms with E-state index in [9.17, 15) is 5.11 Å². The van der Waals surface area contributed by atoms with Crippen LogP contribution in [0.4, 0.5) is 0 Å². The number of hydrogen-bond acceptors (Lipinski definition) is 1. The Bertz CT molecular complexity index is 549. The van der Waals surface area contributed by atoms with Crippen LogP contribution in [0, 0.1) is 5.92 Å². The molecule has 0 heterocycles. The van der Waals surface area contributed by atoms with Crippen molar-refractivity contribution < 1.29 is 5.11 Å².